The Morgan fingerprint density at radius 3 is 1.96 bits per heavy atom. The number of hydrogen-bond donors (Lipinski definition) is 0. The molecule has 3 heteroatoms. The molecule has 216 valence electrons. The van der Waals surface area contributed by atoms with E-state index in [-0.39, 0.29) is 0 Å². The zero-order valence-corrected chi connectivity index (χ0v) is 25.2. The highest BCUT2D eigenvalue weighted by atomic mass is 16.3. The van der Waals surface area contributed by atoms with Crippen LogP contribution in [0.2, 0.25) is 0 Å². The lowest BCUT2D eigenvalue weighted by Gasteiger charge is -2.15. The van der Waals surface area contributed by atoms with Gasteiger partial charge in [-0.25, -0.2) is 0 Å². The molecule has 1 unspecified atom stereocenters. The molecular formula is C44H24N2O. The van der Waals surface area contributed by atoms with Gasteiger partial charge in [-0.2, -0.15) is 0 Å². The van der Waals surface area contributed by atoms with E-state index in [0.29, 0.717) is 5.92 Å². The Morgan fingerprint density at radius 2 is 1.17 bits per heavy atom. The van der Waals surface area contributed by atoms with Gasteiger partial charge in [-0.15, -0.1) is 0 Å². The molecule has 11 aromatic rings. The van der Waals surface area contributed by atoms with Crippen LogP contribution < -0.4 is 0 Å². The van der Waals surface area contributed by atoms with Crippen LogP contribution in [0.4, 0.5) is 0 Å². The quantitative estimate of drug-likeness (QED) is 0.171. The van der Waals surface area contributed by atoms with Crippen molar-refractivity contribution in [2.24, 2.45) is 0 Å². The fraction of sp³-hybridized carbons (Fsp3) is 0.0455. The fourth-order valence-corrected chi connectivity index (χ4v) is 9.46. The van der Waals surface area contributed by atoms with Crippen LogP contribution in [0.5, 0.6) is 0 Å². The summed E-state index contributed by atoms with van der Waals surface area (Å²) in [4.78, 5) is 0. The number of para-hydroxylation sites is 1. The number of fused-ring (bicyclic) bond motifs is 17. The average Bonchev–Trinajstić information content (AvgIpc) is 3.89. The minimum atomic E-state index is 0.382. The van der Waals surface area contributed by atoms with Crippen LogP contribution in [0.25, 0.3) is 104 Å². The minimum absolute atomic E-state index is 0.382. The van der Waals surface area contributed by atoms with Gasteiger partial charge in [0.05, 0.1) is 27.8 Å². The van der Waals surface area contributed by atoms with Crippen molar-refractivity contribution >= 4 is 98.6 Å². The second-order valence-corrected chi connectivity index (χ2v) is 13.7. The third-order valence-corrected chi connectivity index (χ3v) is 11.4. The summed E-state index contributed by atoms with van der Waals surface area (Å²) in [6, 6.07) is 43.1. The monoisotopic (exact) mass is 596 g/mol. The van der Waals surface area contributed by atoms with E-state index >= 15 is 0 Å². The highest BCUT2D eigenvalue weighted by Gasteiger charge is 2.35. The van der Waals surface area contributed by atoms with Crippen LogP contribution in [0.3, 0.4) is 0 Å². The first-order valence-corrected chi connectivity index (χ1v) is 16.5. The van der Waals surface area contributed by atoms with Gasteiger partial charge in [0.25, 0.3) is 0 Å². The number of furan rings is 1. The average molecular weight is 597 g/mol. The number of rotatable bonds is 0. The predicted molar refractivity (Wildman–Crippen MR) is 196 cm³/mol. The molecule has 0 bridgehead atoms. The van der Waals surface area contributed by atoms with Crippen molar-refractivity contribution in [2.45, 2.75) is 12.3 Å². The third kappa shape index (κ3) is 2.63. The van der Waals surface area contributed by atoms with Crippen molar-refractivity contribution in [1.82, 2.24) is 8.97 Å². The summed E-state index contributed by atoms with van der Waals surface area (Å²) in [7, 11) is 0. The molecule has 13 rings (SSSR count). The van der Waals surface area contributed by atoms with Crippen molar-refractivity contribution < 1.29 is 4.42 Å². The standard InChI is InChI=1S/C44H24N2O/c1-3-9-25-17-37-31(15-23(25)7-1)27-11-5-13-29-33-21-41-35(19-39(33)45(37)43(27)29)36-20-40-34(22-42(36)47-41)30-14-6-12-28-32-16-24-8-2-4-10-26(24)18-38(32)46(40)44(28)30/h1-11,13-22,28H,12H2. The number of allylic oxidation sites excluding steroid dienone is 1. The molecule has 1 atom stereocenters. The van der Waals surface area contributed by atoms with E-state index in [1.165, 1.54) is 104 Å². The summed E-state index contributed by atoms with van der Waals surface area (Å²) in [6.07, 6.45) is 5.73. The van der Waals surface area contributed by atoms with Gasteiger partial charge in [0.2, 0.25) is 0 Å². The summed E-state index contributed by atoms with van der Waals surface area (Å²) in [5, 5.41) is 13.9. The van der Waals surface area contributed by atoms with Gasteiger partial charge in [-0.3, -0.25) is 0 Å². The summed E-state index contributed by atoms with van der Waals surface area (Å²) in [5.41, 5.74) is 12.5. The summed E-state index contributed by atoms with van der Waals surface area (Å²) in [6.45, 7) is 0. The number of aromatic nitrogens is 2. The predicted octanol–water partition coefficient (Wildman–Crippen LogP) is 11.8. The molecule has 47 heavy (non-hydrogen) atoms. The third-order valence-electron chi connectivity index (χ3n) is 11.4. The SMILES string of the molecule is C1=Cc2c3n(c4cc5c(cc24)oc2cc4c6cccc7c8cc9ccccc9cc8n(c4cc25)c76)-c2cc4ccccc4cc2C3C1. The Kier molecular flexibility index (Phi) is 3.80. The first-order valence-electron chi connectivity index (χ1n) is 16.5. The number of benzene rings is 7. The normalized spacial score (nSPS) is 15.7. The number of nitrogens with zero attached hydrogens (tertiary/aromatic N) is 2. The van der Waals surface area contributed by atoms with E-state index in [9.17, 15) is 0 Å². The molecule has 0 N–H and O–H groups in total. The highest BCUT2D eigenvalue weighted by molar-refractivity contribution is 6.27. The van der Waals surface area contributed by atoms with Gasteiger partial charge >= 0.3 is 0 Å². The van der Waals surface area contributed by atoms with Crippen molar-refractivity contribution in [3.8, 4) is 5.69 Å². The Morgan fingerprint density at radius 1 is 0.532 bits per heavy atom. The van der Waals surface area contributed by atoms with E-state index in [0.717, 1.165) is 17.6 Å². The van der Waals surface area contributed by atoms with Gasteiger partial charge in [-0.1, -0.05) is 78.9 Å². The Labute approximate surface area is 267 Å². The molecule has 0 spiro atoms. The van der Waals surface area contributed by atoms with Crippen molar-refractivity contribution in [3.63, 3.8) is 0 Å². The zero-order chi connectivity index (χ0) is 30.1. The number of hydrogen-bond acceptors (Lipinski definition) is 1. The lowest BCUT2D eigenvalue weighted by Crippen LogP contribution is -2.00. The van der Waals surface area contributed by atoms with E-state index in [4.69, 9.17) is 4.42 Å². The molecule has 5 heterocycles. The maximum absolute atomic E-state index is 6.73. The topological polar surface area (TPSA) is 22.5 Å². The molecule has 0 saturated carbocycles. The molecule has 0 amide bonds. The van der Waals surface area contributed by atoms with Crippen molar-refractivity contribution in [2.75, 3.05) is 0 Å². The Hall–Kier alpha value is -6.06. The summed E-state index contributed by atoms with van der Waals surface area (Å²) < 4.78 is 11.8. The van der Waals surface area contributed by atoms with Crippen LogP contribution in [-0.2, 0) is 0 Å². The molecule has 0 saturated heterocycles. The zero-order valence-electron chi connectivity index (χ0n) is 25.2. The lowest BCUT2D eigenvalue weighted by molar-refractivity contribution is 0.670. The van der Waals surface area contributed by atoms with Crippen LogP contribution in [0.1, 0.15) is 29.2 Å². The second-order valence-electron chi connectivity index (χ2n) is 13.7. The first kappa shape index (κ1) is 23.3. The molecule has 1 aliphatic carbocycles. The maximum atomic E-state index is 6.73. The lowest BCUT2D eigenvalue weighted by atomic mass is 9.86. The molecule has 0 fully saturated rings. The Balaban J connectivity index is 1.16. The Bertz CT molecular complexity index is 3270. The highest BCUT2D eigenvalue weighted by Crippen LogP contribution is 2.51. The van der Waals surface area contributed by atoms with Crippen LogP contribution >= 0.6 is 0 Å². The van der Waals surface area contributed by atoms with Gasteiger partial charge in [0, 0.05) is 54.9 Å². The molecule has 4 aromatic heterocycles. The van der Waals surface area contributed by atoms with E-state index < -0.39 is 0 Å². The van der Waals surface area contributed by atoms with E-state index in [2.05, 4.69) is 136 Å². The van der Waals surface area contributed by atoms with Gasteiger partial charge < -0.3 is 13.4 Å². The molecular weight excluding hydrogens is 572 g/mol. The van der Waals surface area contributed by atoms with Crippen LogP contribution in [0, 0.1) is 0 Å². The molecule has 7 aromatic carbocycles. The second kappa shape index (κ2) is 7.66. The molecule has 2 aliphatic rings. The molecule has 0 radical (unpaired) electrons. The van der Waals surface area contributed by atoms with E-state index in [1.807, 2.05) is 0 Å². The smallest absolute Gasteiger partial charge is 0.136 e. The van der Waals surface area contributed by atoms with Gasteiger partial charge in [-0.05, 0) is 82.1 Å². The largest absolute Gasteiger partial charge is 0.456 e. The summed E-state index contributed by atoms with van der Waals surface area (Å²) in [5.74, 6) is 0.382. The molecule has 1 aliphatic heterocycles. The molecule has 3 nitrogen and oxygen atoms in total. The van der Waals surface area contributed by atoms with Gasteiger partial charge in [0.1, 0.15) is 11.2 Å². The van der Waals surface area contributed by atoms with Crippen molar-refractivity contribution in [3.05, 3.63) is 138 Å². The van der Waals surface area contributed by atoms with Crippen LogP contribution in [-0.4, -0.2) is 8.97 Å². The summed E-state index contributed by atoms with van der Waals surface area (Å²) >= 11 is 0. The van der Waals surface area contributed by atoms with Crippen molar-refractivity contribution in [1.29, 1.82) is 0 Å². The first-order chi connectivity index (χ1) is 23.3. The maximum Gasteiger partial charge on any atom is 0.136 e. The fourth-order valence-electron chi connectivity index (χ4n) is 9.46. The van der Waals surface area contributed by atoms with Gasteiger partial charge in [0.15, 0.2) is 0 Å². The minimum Gasteiger partial charge on any atom is -0.456 e. The van der Waals surface area contributed by atoms with Crippen LogP contribution in [0.15, 0.2) is 126 Å². The van der Waals surface area contributed by atoms with E-state index in [1.54, 1.807) is 0 Å².